The Morgan fingerprint density at radius 3 is 2.48 bits per heavy atom. The van der Waals surface area contributed by atoms with Gasteiger partial charge in [0.05, 0.1) is 0 Å². The molecule has 0 heterocycles. The Morgan fingerprint density at radius 1 is 0.952 bits per heavy atom. The highest BCUT2D eigenvalue weighted by atomic mass is 32.2. The number of aryl methyl sites for hydroxylation is 2. The van der Waals surface area contributed by atoms with E-state index in [0.717, 1.165) is 42.5 Å². The second kappa shape index (κ2) is 5.11. The molecule has 1 aliphatic rings. The molecular weight excluding hydrogens is 298 g/mol. The van der Waals surface area contributed by atoms with Crippen LogP contribution in [0.15, 0.2) is 41.3 Å². The van der Waals surface area contributed by atoms with E-state index in [-0.39, 0.29) is 4.90 Å². The molecule has 0 unspecified atom stereocenters. The first kappa shape index (κ1) is 14.0. The molecule has 0 spiro atoms. The first-order valence-corrected chi connectivity index (χ1v) is 7.88. The summed E-state index contributed by atoms with van der Waals surface area (Å²) in [6, 6.07) is 7.22. The molecule has 0 aromatic heterocycles. The third-order valence-electron chi connectivity index (χ3n) is 3.45. The fraction of sp³-hybridized carbons (Fsp3) is 0.200. The summed E-state index contributed by atoms with van der Waals surface area (Å²) >= 11 is 0. The highest BCUT2D eigenvalue weighted by Gasteiger charge is 2.21. The molecule has 0 aliphatic heterocycles. The molecule has 0 saturated carbocycles. The first-order chi connectivity index (χ1) is 9.95. The van der Waals surface area contributed by atoms with Gasteiger partial charge in [0.1, 0.15) is 10.7 Å². The molecule has 6 heteroatoms. The third kappa shape index (κ3) is 2.76. The molecule has 2 aromatic carbocycles. The van der Waals surface area contributed by atoms with Crippen molar-refractivity contribution in [3.05, 3.63) is 59.2 Å². The number of hydrogen-bond donors (Lipinski definition) is 0. The Balaban J connectivity index is 1.93. The van der Waals surface area contributed by atoms with Crippen LogP contribution in [-0.2, 0) is 23.0 Å². The SMILES string of the molecule is O=S(=O)(Oc1ccc(F)cc1F)c1ccc2c(c1)CCC2. The van der Waals surface area contributed by atoms with Crippen molar-refractivity contribution in [2.24, 2.45) is 0 Å². The van der Waals surface area contributed by atoms with Gasteiger partial charge in [-0.3, -0.25) is 0 Å². The summed E-state index contributed by atoms with van der Waals surface area (Å²) in [5, 5.41) is 0. The van der Waals surface area contributed by atoms with E-state index in [1.807, 2.05) is 0 Å². The summed E-state index contributed by atoms with van der Waals surface area (Å²) < 4.78 is 55.4. The Bertz CT molecular complexity index is 801. The summed E-state index contributed by atoms with van der Waals surface area (Å²) in [5.74, 6) is -2.37. The lowest BCUT2D eigenvalue weighted by Gasteiger charge is -2.09. The van der Waals surface area contributed by atoms with E-state index in [9.17, 15) is 17.2 Å². The van der Waals surface area contributed by atoms with E-state index in [2.05, 4.69) is 0 Å². The van der Waals surface area contributed by atoms with E-state index in [4.69, 9.17) is 4.18 Å². The zero-order chi connectivity index (χ0) is 15.0. The van der Waals surface area contributed by atoms with E-state index in [1.54, 1.807) is 12.1 Å². The molecule has 1 aliphatic carbocycles. The van der Waals surface area contributed by atoms with E-state index in [0.29, 0.717) is 6.07 Å². The fourth-order valence-corrected chi connectivity index (χ4v) is 3.40. The van der Waals surface area contributed by atoms with Gasteiger partial charge in [-0.05, 0) is 54.7 Å². The molecule has 3 rings (SSSR count). The topological polar surface area (TPSA) is 43.4 Å². The molecule has 3 nitrogen and oxygen atoms in total. The number of rotatable bonds is 3. The van der Waals surface area contributed by atoms with E-state index in [1.165, 1.54) is 6.07 Å². The lowest BCUT2D eigenvalue weighted by atomic mass is 10.1. The average Bonchev–Trinajstić information content (AvgIpc) is 2.89. The monoisotopic (exact) mass is 310 g/mol. The molecule has 0 N–H and O–H groups in total. The van der Waals surface area contributed by atoms with Gasteiger partial charge in [-0.2, -0.15) is 8.42 Å². The van der Waals surface area contributed by atoms with Gasteiger partial charge in [-0.15, -0.1) is 0 Å². The zero-order valence-electron chi connectivity index (χ0n) is 11.0. The van der Waals surface area contributed by atoms with Gasteiger partial charge in [-0.25, -0.2) is 8.78 Å². The second-order valence-electron chi connectivity index (χ2n) is 4.90. The quantitative estimate of drug-likeness (QED) is 0.818. The van der Waals surface area contributed by atoms with Crippen LogP contribution in [0.2, 0.25) is 0 Å². The summed E-state index contributed by atoms with van der Waals surface area (Å²) in [6.07, 6.45) is 2.75. The van der Waals surface area contributed by atoms with Crippen LogP contribution in [0, 0.1) is 11.6 Å². The Morgan fingerprint density at radius 2 is 1.71 bits per heavy atom. The predicted molar refractivity (Wildman–Crippen MR) is 72.6 cm³/mol. The van der Waals surface area contributed by atoms with Crippen molar-refractivity contribution in [3.8, 4) is 5.75 Å². The summed E-state index contributed by atoms with van der Waals surface area (Å²) in [7, 11) is -4.13. The van der Waals surface area contributed by atoms with Crippen LogP contribution in [0.1, 0.15) is 17.5 Å². The largest absolute Gasteiger partial charge is 0.376 e. The van der Waals surface area contributed by atoms with Crippen molar-refractivity contribution in [3.63, 3.8) is 0 Å². The van der Waals surface area contributed by atoms with Gasteiger partial charge >= 0.3 is 10.1 Å². The number of hydrogen-bond acceptors (Lipinski definition) is 3. The molecule has 0 atom stereocenters. The van der Waals surface area contributed by atoms with Gasteiger partial charge in [0.2, 0.25) is 0 Å². The van der Waals surface area contributed by atoms with E-state index >= 15 is 0 Å². The summed E-state index contributed by atoms with van der Waals surface area (Å²) in [6.45, 7) is 0. The zero-order valence-corrected chi connectivity index (χ0v) is 11.8. The highest BCUT2D eigenvalue weighted by Crippen LogP contribution is 2.27. The normalized spacial score (nSPS) is 14.0. The third-order valence-corrected chi connectivity index (χ3v) is 4.68. The van der Waals surface area contributed by atoms with Crippen molar-refractivity contribution in [2.75, 3.05) is 0 Å². The minimum Gasteiger partial charge on any atom is -0.376 e. The highest BCUT2D eigenvalue weighted by molar-refractivity contribution is 7.87. The maximum Gasteiger partial charge on any atom is 0.339 e. The summed E-state index contributed by atoms with van der Waals surface area (Å²) in [5.41, 5.74) is 2.10. The smallest absolute Gasteiger partial charge is 0.339 e. The lowest BCUT2D eigenvalue weighted by Crippen LogP contribution is -2.11. The number of fused-ring (bicyclic) bond motifs is 1. The minimum absolute atomic E-state index is 0.0214. The van der Waals surface area contributed by atoms with Crippen molar-refractivity contribution in [1.29, 1.82) is 0 Å². The maximum absolute atomic E-state index is 13.5. The van der Waals surface area contributed by atoms with Crippen LogP contribution in [0.3, 0.4) is 0 Å². The van der Waals surface area contributed by atoms with Crippen molar-refractivity contribution < 1.29 is 21.4 Å². The van der Waals surface area contributed by atoms with Crippen LogP contribution in [0.5, 0.6) is 5.75 Å². The molecule has 2 aromatic rings. The van der Waals surface area contributed by atoms with Crippen LogP contribution in [0.4, 0.5) is 8.78 Å². The average molecular weight is 310 g/mol. The fourth-order valence-electron chi connectivity index (χ4n) is 2.41. The van der Waals surface area contributed by atoms with Crippen molar-refractivity contribution in [1.82, 2.24) is 0 Å². The number of halogens is 2. The lowest BCUT2D eigenvalue weighted by molar-refractivity contribution is 0.457. The van der Waals surface area contributed by atoms with E-state index < -0.39 is 27.5 Å². The molecule has 0 saturated heterocycles. The standard InChI is InChI=1S/C15H12F2O3S/c16-12-5-7-15(14(17)9-12)20-21(18,19)13-6-4-10-2-1-3-11(10)8-13/h4-9H,1-3H2. The van der Waals surface area contributed by atoms with Crippen LogP contribution in [-0.4, -0.2) is 8.42 Å². The molecule has 21 heavy (non-hydrogen) atoms. The summed E-state index contributed by atoms with van der Waals surface area (Å²) in [4.78, 5) is -0.0214. The first-order valence-electron chi connectivity index (χ1n) is 6.47. The predicted octanol–water partition coefficient (Wildman–Crippen LogP) is 3.22. The van der Waals surface area contributed by atoms with Crippen LogP contribution < -0.4 is 4.18 Å². The van der Waals surface area contributed by atoms with Crippen LogP contribution in [0.25, 0.3) is 0 Å². The molecule has 0 radical (unpaired) electrons. The van der Waals surface area contributed by atoms with Gasteiger partial charge in [0.25, 0.3) is 0 Å². The molecule has 0 bridgehead atoms. The molecule has 0 fully saturated rings. The van der Waals surface area contributed by atoms with Crippen LogP contribution >= 0.6 is 0 Å². The van der Waals surface area contributed by atoms with Gasteiger partial charge in [0, 0.05) is 6.07 Å². The molecule has 110 valence electrons. The van der Waals surface area contributed by atoms with Gasteiger partial charge < -0.3 is 4.18 Å². The van der Waals surface area contributed by atoms with Gasteiger partial charge in [0.15, 0.2) is 11.6 Å². The maximum atomic E-state index is 13.5. The Labute approximate surface area is 121 Å². The van der Waals surface area contributed by atoms with Crippen molar-refractivity contribution in [2.45, 2.75) is 24.2 Å². The number of benzene rings is 2. The minimum atomic E-state index is -4.13. The molecular formula is C15H12F2O3S. The molecule has 0 amide bonds. The second-order valence-corrected chi connectivity index (χ2v) is 6.44. The van der Waals surface area contributed by atoms with Crippen molar-refractivity contribution >= 4 is 10.1 Å². The Hall–Kier alpha value is -1.95. The van der Waals surface area contributed by atoms with Gasteiger partial charge in [-0.1, -0.05) is 6.07 Å². The Kier molecular flexibility index (Phi) is 3.41.